The highest BCUT2D eigenvalue weighted by molar-refractivity contribution is 9.10. The molecule has 1 heterocycles. The van der Waals surface area contributed by atoms with Crippen LogP contribution in [0.2, 0.25) is 0 Å². The monoisotopic (exact) mass is 347 g/mol. The fraction of sp³-hybridized carbons (Fsp3) is 0.471. The summed E-state index contributed by atoms with van der Waals surface area (Å²) in [4.78, 5) is 0. The number of benzene rings is 1. The summed E-state index contributed by atoms with van der Waals surface area (Å²) in [7, 11) is 0. The van der Waals surface area contributed by atoms with E-state index < -0.39 is 5.54 Å². The van der Waals surface area contributed by atoms with Crippen molar-refractivity contribution in [3.05, 3.63) is 52.3 Å². The van der Waals surface area contributed by atoms with Gasteiger partial charge in [-0.25, -0.2) is 0 Å². The van der Waals surface area contributed by atoms with E-state index in [1.165, 1.54) is 25.7 Å². The summed E-state index contributed by atoms with van der Waals surface area (Å²) in [6.07, 6.45) is 8.03. The number of halogens is 1. The van der Waals surface area contributed by atoms with E-state index in [0.717, 1.165) is 22.2 Å². The molecular weight excluding hydrogens is 326 g/mol. The van der Waals surface area contributed by atoms with Crippen molar-refractivity contribution in [3.8, 4) is 0 Å². The molecule has 0 amide bonds. The molecule has 1 aromatic heterocycles. The van der Waals surface area contributed by atoms with Crippen molar-refractivity contribution in [3.63, 3.8) is 0 Å². The number of rotatable bonds is 4. The van der Waals surface area contributed by atoms with E-state index in [9.17, 15) is 0 Å². The number of nitrogens with two attached hydrogens (primary N) is 1. The molecule has 0 bridgehead atoms. The van der Waals surface area contributed by atoms with Crippen LogP contribution in [0.5, 0.6) is 0 Å². The lowest BCUT2D eigenvalue weighted by Crippen LogP contribution is -2.35. The van der Waals surface area contributed by atoms with E-state index >= 15 is 0 Å². The summed E-state index contributed by atoms with van der Waals surface area (Å²) >= 11 is 3.51. The van der Waals surface area contributed by atoms with Gasteiger partial charge in [0.1, 0.15) is 0 Å². The minimum atomic E-state index is -0.404. The maximum atomic E-state index is 6.53. The minimum Gasteiger partial charge on any atom is -0.321 e. The van der Waals surface area contributed by atoms with Crippen LogP contribution < -0.4 is 5.73 Å². The van der Waals surface area contributed by atoms with Crippen molar-refractivity contribution in [2.24, 2.45) is 5.73 Å². The highest BCUT2D eigenvalue weighted by Gasteiger charge is 2.24. The Morgan fingerprint density at radius 3 is 2.81 bits per heavy atom. The molecule has 3 nitrogen and oxygen atoms in total. The van der Waals surface area contributed by atoms with Gasteiger partial charge in [0.25, 0.3) is 0 Å². The van der Waals surface area contributed by atoms with Crippen molar-refractivity contribution in [1.82, 2.24) is 9.78 Å². The summed E-state index contributed by atoms with van der Waals surface area (Å²) in [5, 5.41) is 4.75. The molecular formula is C17H22BrN3. The van der Waals surface area contributed by atoms with E-state index in [1.807, 2.05) is 12.1 Å². The Bertz CT molecular complexity index is 612. The average molecular weight is 348 g/mol. The molecule has 1 fully saturated rings. The second-order valence-corrected chi connectivity index (χ2v) is 7.25. The molecule has 0 saturated heterocycles. The van der Waals surface area contributed by atoms with Crippen molar-refractivity contribution in [2.45, 2.75) is 50.6 Å². The molecule has 1 atom stereocenters. The summed E-state index contributed by atoms with van der Waals surface area (Å²) in [6.45, 7) is 2.07. The van der Waals surface area contributed by atoms with Gasteiger partial charge in [-0.05, 0) is 43.5 Å². The fourth-order valence-corrected chi connectivity index (χ4v) is 3.57. The molecule has 1 aliphatic carbocycles. The molecule has 4 heteroatoms. The van der Waals surface area contributed by atoms with Crippen molar-refractivity contribution < 1.29 is 0 Å². The first-order chi connectivity index (χ1) is 10.0. The average Bonchev–Trinajstić information content (AvgIpc) is 3.08. The van der Waals surface area contributed by atoms with E-state index in [-0.39, 0.29) is 0 Å². The topological polar surface area (TPSA) is 43.8 Å². The SMILES string of the molecule is CC(N)(Cc1ccn(C2CCCC2)n1)c1cccc(Br)c1. The molecule has 1 saturated carbocycles. The first kappa shape index (κ1) is 14.8. The first-order valence-electron chi connectivity index (χ1n) is 7.63. The van der Waals surface area contributed by atoms with E-state index in [2.05, 4.69) is 51.9 Å². The lowest BCUT2D eigenvalue weighted by molar-refractivity contribution is 0.445. The largest absolute Gasteiger partial charge is 0.321 e. The van der Waals surface area contributed by atoms with E-state index in [0.29, 0.717) is 6.04 Å². The minimum absolute atomic E-state index is 0.404. The van der Waals surface area contributed by atoms with Gasteiger partial charge in [0, 0.05) is 22.6 Å². The highest BCUT2D eigenvalue weighted by Crippen LogP contribution is 2.30. The maximum Gasteiger partial charge on any atom is 0.0646 e. The Labute approximate surface area is 134 Å². The third-order valence-corrected chi connectivity index (χ3v) is 4.89. The van der Waals surface area contributed by atoms with Gasteiger partial charge in [0.15, 0.2) is 0 Å². The van der Waals surface area contributed by atoms with E-state index in [1.54, 1.807) is 0 Å². The Morgan fingerprint density at radius 1 is 1.33 bits per heavy atom. The van der Waals surface area contributed by atoms with Crippen LogP contribution in [-0.4, -0.2) is 9.78 Å². The van der Waals surface area contributed by atoms with Gasteiger partial charge in [0.05, 0.1) is 11.7 Å². The standard InChI is InChI=1S/C17H22BrN3/c1-17(19,13-5-4-6-14(18)11-13)12-15-9-10-21(20-15)16-7-2-3-8-16/h4-6,9-11,16H,2-3,7-8,12,19H2,1H3. The van der Waals surface area contributed by atoms with Crippen molar-refractivity contribution >= 4 is 15.9 Å². The fourth-order valence-electron chi connectivity index (χ4n) is 3.17. The zero-order chi connectivity index (χ0) is 14.9. The van der Waals surface area contributed by atoms with Gasteiger partial charge in [0.2, 0.25) is 0 Å². The zero-order valence-electron chi connectivity index (χ0n) is 12.4. The predicted molar refractivity (Wildman–Crippen MR) is 89.1 cm³/mol. The quantitative estimate of drug-likeness (QED) is 0.901. The van der Waals surface area contributed by atoms with Crippen LogP contribution in [0, 0.1) is 0 Å². The van der Waals surface area contributed by atoms with Gasteiger partial charge in [-0.3, -0.25) is 4.68 Å². The van der Waals surface area contributed by atoms with Crippen LogP contribution in [0.4, 0.5) is 0 Å². The van der Waals surface area contributed by atoms with Gasteiger partial charge in [-0.15, -0.1) is 0 Å². The Hall–Kier alpha value is -1.13. The summed E-state index contributed by atoms with van der Waals surface area (Å²) in [5.74, 6) is 0. The maximum absolute atomic E-state index is 6.53. The third kappa shape index (κ3) is 3.38. The lowest BCUT2D eigenvalue weighted by Gasteiger charge is -2.24. The molecule has 2 aromatic rings. The van der Waals surface area contributed by atoms with Gasteiger partial charge in [-0.2, -0.15) is 5.10 Å². The molecule has 0 radical (unpaired) electrons. The Morgan fingerprint density at radius 2 is 2.10 bits per heavy atom. The number of nitrogens with zero attached hydrogens (tertiary/aromatic N) is 2. The van der Waals surface area contributed by atoms with Crippen molar-refractivity contribution in [1.29, 1.82) is 0 Å². The van der Waals surface area contributed by atoms with E-state index in [4.69, 9.17) is 10.8 Å². The molecule has 21 heavy (non-hydrogen) atoms. The van der Waals surface area contributed by atoms with Crippen LogP contribution in [0.1, 0.15) is 49.9 Å². The van der Waals surface area contributed by atoms with Gasteiger partial charge in [-0.1, -0.05) is 40.9 Å². The van der Waals surface area contributed by atoms with Crippen LogP contribution in [-0.2, 0) is 12.0 Å². The number of aromatic nitrogens is 2. The van der Waals surface area contributed by atoms with Crippen LogP contribution in [0.15, 0.2) is 41.0 Å². The molecule has 1 aromatic carbocycles. The molecule has 0 aliphatic heterocycles. The number of hydrogen-bond donors (Lipinski definition) is 1. The molecule has 0 spiro atoms. The van der Waals surface area contributed by atoms with Gasteiger partial charge >= 0.3 is 0 Å². The predicted octanol–water partition coefficient (Wildman–Crippen LogP) is 4.18. The molecule has 1 aliphatic rings. The zero-order valence-corrected chi connectivity index (χ0v) is 14.0. The Balaban J connectivity index is 1.76. The van der Waals surface area contributed by atoms with Gasteiger partial charge < -0.3 is 5.73 Å². The summed E-state index contributed by atoms with van der Waals surface area (Å²) in [6, 6.07) is 10.9. The Kier molecular flexibility index (Phi) is 4.18. The van der Waals surface area contributed by atoms with Crippen LogP contribution in [0.25, 0.3) is 0 Å². The second kappa shape index (κ2) is 5.93. The smallest absolute Gasteiger partial charge is 0.0646 e. The summed E-state index contributed by atoms with van der Waals surface area (Å²) < 4.78 is 3.20. The first-order valence-corrected chi connectivity index (χ1v) is 8.43. The summed E-state index contributed by atoms with van der Waals surface area (Å²) in [5.41, 5.74) is 8.34. The van der Waals surface area contributed by atoms with Crippen LogP contribution in [0.3, 0.4) is 0 Å². The van der Waals surface area contributed by atoms with Crippen LogP contribution >= 0.6 is 15.9 Å². The third-order valence-electron chi connectivity index (χ3n) is 4.39. The normalized spacial score (nSPS) is 18.8. The second-order valence-electron chi connectivity index (χ2n) is 6.33. The molecule has 2 N–H and O–H groups in total. The number of hydrogen-bond acceptors (Lipinski definition) is 2. The lowest BCUT2D eigenvalue weighted by atomic mass is 9.88. The molecule has 112 valence electrons. The highest BCUT2D eigenvalue weighted by atomic mass is 79.9. The van der Waals surface area contributed by atoms with Crippen molar-refractivity contribution in [2.75, 3.05) is 0 Å². The molecule has 3 rings (SSSR count). The molecule has 1 unspecified atom stereocenters.